The van der Waals surface area contributed by atoms with Crippen LogP contribution >= 0.6 is 0 Å². The van der Waals surface area contributed by atoms with E-state index in [4.69, 9.17) is 9.47 Å². The quantitative estimate of drug-likeness (QED) is 0.716. The Kier molecular flexibility index (Phi) is 5.22. The summed E-state index contributed by atoms with van der Waals surface area (Å²) in [5.41, 5.74) is 0.272. The van der Waals surface area contributed by atoms with Crippen molar-refractivity contribution in [1.82, 2.24) is 4.90 Å². The van der Waals surface area contributed by atoms with Gasteiger partial charge in [-0.1, -0.05) is 0 Å². The number of ether oxygens (including phenoxy) is 2. The zero-order valence-electron chi connectivity index (χ0n) is 15.9. The monoisotopic (exact) mass is 398 g/mol. The molecular formula is C20H18N2O7. The molecule has 9 nitrogen and oxygen atoms in total. The first kappa shape index (κ1) is 19.9. The number of amides is 3. The van der Waals surface area contributed by atoms with E-state index in [-0.39, 0.29) is 46.0 Å². The van der Waals surface area contributed by atoms with Crippen LogP contribution in [0.5, 0.6) is 11.5 Å². The summed E-state index contributed by atoms with van der Waals surface area (Å²) >= 11 is 0. The summed E-state index contributed by atoms with van der Waals surface area (Å²) in [6.07, 6.45) is 0. The molecule has 1 aliphatic rings. The first-order valence-corrected chi connectivity index (χ1v) is 8.63. The van der Waals surface area contributed by atoms with Gasteiger partial charge in [-0.25, -0.2) is 4.79 Å². The average Bonchev–Trinajstić information content (AvgIpc) is 2.96. The van der Waals surface area contributed by atoms with Gasteiger partial charge in [-0.05, 0) is 25.1 Å². The van der Waals surface area contributed by atoms with E-state index in [1.165, 1.54) is 44.6 Å². The van der Waals surface area contributed by atoms with Crippen molar-refractivity contribution in [3.63, 3.8) is 0 Å². The van der Waals surface area contributed by atoms with Crippen molar-refractivity contribution in [2.75, 3.05) is 26.1 Å². The zero-order chi connectivity index (χ0) is 21.3. The number of carbonyl (C=O) groups excluding carboxylic acids is 3. The van der Waals surface area contributed by atoms with Crippen LogP contribution in [0.15, 0.2) is 30.3 Å². The maximum absolute atomic E-state index is 12.7. The molecule has 0 atom stereocenters. The van der Waals surface area contributed by atoms with E-state index >= 15 is 0 Å². The number of nitrogens with zero attached hydrogens (tertiary/aromatic N) is 1. The fourth-order valence-corrected chi connectivity index (χ4v) is 3.07. The molecule has 1 aliphatic heterocycles. The van der Waals surface area contributed by atoms with E-state index in [0.717, 1.165) is 4.90 Å². The summed E-state index contributed by atoms with van der Waals surface area (Å²) < 4.78 is 10.2. The van der Waals surface area contributed by atoms with Crippen molar-refractivity contribution in [2.24, 2.45) is 0 Å². The number of carboxylic acid groups (broad SMARTS) is 1. The Balaban J connectivity index is 1.96. The van der Waals surface area contributed by atoms with Gasteiger partial charge in [-0.15, -0.1) is 0 Å². The minimum atomic E-state index is -1.27. The van der Waals surface area contributed by atoms with Crippen LogP contribution in [0.1, 0.15) is 48.4 Å². The molecule has 2 N–H and O–H groups in total. The summed E-state index contributed by atoms with van der Waals surface area (Å²) in [7, 11) is 2.75. The highest BCUT2D eigenvalue weighted by Gasteiger charge is 2.34. The number of carboxylic acids is 1. The van der Waals surface area contributed by atoms with Gasteiger partial charge in [0, 0.05) is 24.2 Å². The summed E-state index contributed by atoms with van der Waals surface area (Å²) in [5, 5.41) is 12.0. The Labute approximate surface area is 165 Å². The number of carbonyl (C=O) groups is 4. The molecular weight excluding hydrogens is 380 g/mol. The molecule has 29 heavy (non-hydrogen) atoms. The van der Waals surface area contributed by atoms with Gasteiger partial charge in [0.15, 0.2) is 11.5 Å². The van der Waals surface area contributed by atoms with Crippen molar-refractivity contribution >= 4 is 29.4 Å². The predicted octanol–water partition coefficient (Wildman–Crippen LogP) is 2.27. The minimum absolute atomic E-state index is 0.00163. The van der Waals surface area contributed by atoms with Gasteiger partial charge in [0.05, 0.1) is 36.6 Å². The van der Waals surface area contributed by atoms with E-state index in [9.17, 15) is 24.3 Å². The lowest BCUT2D eigenvalue weighted by molar-refractivity contribution is 0.0658. The number of hydrogen-bond acceptors (Lipinski definition) is 6. The second-order valence-corrected chi connectivity index (χ2v) is 6.13. The number of hydrogen-bond donors (Lipinski definition) is 2. The molecule has 2 aromatic rings. The third-order valence-corrected chi connectivity index (χ3v) is 4.55. The minimum Gasteiger partial charge on any atom is -0.493 e. The third-order valence-electron chi connectivity index (χ3n) is 4.55. The number of aromatic carboxylic acids is 1. The number of anilines is 1. The Bertz CT molecular complexity index is 1050. The molecule has 0 spiro atoms. The first-order chi connectivity index (χ1) is 13.8. The largest absolute Gasteiger partial charge is 0.493 e. The number of imide groups is 1. The number of nitrogens with one attached hydrogen (secondary N) is 1. The summed E-state index contributed by atoms with van der Waals surface area (Å²) in [5.74, 6) is -2.36. The van der Waals surface area contributed by atoms with E-state index in [0.29, 0.717) is 0 Å². The molecule has 0 bridgehead atoms. The molecule has 2 aromatic carbocycles. The maximum atomic E-state index is 12.7. The lowest BCUT2D eigenvalue weighted by Crippen LogP contribution is -2.29. The third kappa shape index (κ3) is 3.38. The fourth-order valence-electron chi connectivity index (χ4n) is 3.07. The smallest absolute Gasteiger partial charge is 0.337 e. The van der Waals surface area contributed by atoms with Crippen LogP contribution in [0.3, 0.4) is 0 Å². The number of fused-ring (bicyclic) bond motifs is 1. The molecule has 0 saturated carbocycles. The summed E-state index contributed by atoms with van der Waals surface area (Å²) in [4.78, 5) is 49.9. The SMILES string of the molecule is CCN1C(=O)c2ccc(C(=O)Nc3cc(OC)c(OC)cc3C(=O)O)cc2C1=O. The van der Waals surface area contributed by atoms with Crippen LogP contribution in [-0.4, -0.2) is 54.5 Å². The zero-order valence-corrected chi connectivity index (χ0v) is 15.9. The topological polar surface area (TPSA) is 122 Å². The van der Waals surface area contributed by atoms with Gasteiger partial charge in [-0.2, -0.15) is 0 Å². The number of methoxy groups -OCH3 is 2. The molecule has 9 heteroatoms. The average molecular weight is 398 g/mol. The van der Waals surface area contributed by atoms with Crippen LogP contribution in [0.4, 0.5) is 5.69 Å². The Hall–Kier alpha value is -3.88. The molecule has 1 heterocycles. The number of benzene rings is 2. The van der Waals surface area contributed by atoms with E-state index < -0.39 is 23.7 Å². The van der Waals surface area contributed by atoms with Crippen molar-refractivity contribution in [2.45, 2.75) is 6.92 Å². The second kappa shape index (κ2) is 7.63. The normalized spacial score (nSPS) is 12.6. The van der Waals surface area contributed by atoms with Crippen molar-refractivity contribution in [3.05, 3.63) is 52.6 Å². The van der Waals surface area contributed by atoms with E-state index in [1.54, 1.807) is 6.92 Å². The van der Waals surface area contributed by atoms with Crippen LogP contribution in [0.2, 0.25) is 0 Å². The molecule has 3 rings (SSSR count). The highest BCUT2D eigenvalue weighted by Crippen LogP contribution is 2.34. The van der Waals surface area contributed by atoms with Crippen LogP contribution in [0.25, 0.3) is 0 Å². The molecule has 0 aliphatic carbocycles. The van der Waals surface area contributed by atoms with Crippen LogP contribution in [0, 0.1) is 0 Å². The van der Waals surface area contributed by atoms with E-state index in [1.807, 2.05) is 0 Å². The van der Waals surface area contributed by atoms with Crippen molar-refractivity contribution < 1.29 is 33.8 Å². The maximum Gasteiger partial charge on any atom is 0.337 e. The lowest BCUT2D eigenvalue weighted by Gasteiger charge is -2.14. The Morgan fingerprint density at radius 2 is 1.62 bits per heavy atom. The first-order valence-electron chi connectivity index (χ1n) is 8.63. The molecule has 0 radical (unpaired) electrons. The van der Waals surface area contributed by atoms with Crippen LogP contribution in [-0.2, 0) is 0 Å². The lowest BCUT2D eigenvalue weighted by atomic mass is 10.0. The van der Waals surface area contributed by atoms with E-state index in [2.05, 4.69) is 5.32 Å². The number of rotatable bonds is 6. The summed E-state index contributed by atoms with van der Waals surface area (Å²) in [6.45, 7) is 1.90. The predicted molar refractivity (Wildman–Crippen MR) is 102 cm³/mol. The Morgan fingerprint density at radius 1 is 1.00 bits per heavy atom. The van der Waals surface area contributed by atoms with Gasteiger partial charge in [0.2, 0.25) is 0 Å². The van der Waals surface area contributed by atoms with Gasteiger partial charge < -0.3 is 19.9 Å². The molecule has 150 valence electrons. The Morgan fingerprint density at radius 3 is 2.21 bits per heavy atom. The van der Waals surface area contributed by atoms with Crippen molar-refractivity contribution in [1.29, 1.82) is 0 Å². The molecule has 0 saturated heterocycles. The van der Waals surface area contributed by atoms with Gasteiger partial charge in [-0.3, -0.25) is 19.3 Å². The van der Waals surface area contributed by atoms with Gasteiger partial charge in [0.25, 0.3) is 17.7 Å². The van der Waals surface area contributed by atoms with Gasteiger partial charge in [0.1, 0.15) is 0 Å². The molecule has 3 amide bonds. The molecule has 0 unspecified atom stereocenters. The molecule has 0 aromatic heterocycles. The fraction of sp³-hybridized carbons (Fsp3) is 0.200. The molecule has 0 fully saturated rings. The van der Waals surface area contributed by atoms with Crippen molar-refractivity contribution in [3.8, 4) is 11.5 Å². The summed E-state index contributed by atoms with van der Waals surface area (Å²) in [6, 6.07) is 6.70. The highest BCUT2D eigenvalue weighted by molar-refractivity contribution is 6.22. The highest BCUT2D eigenvalue weighted by atomic mass is 16.5. The standard InChI is InChI=1S/C20H18N2O7/c1-4-22-18(24)11-6-5-10(7-12(11)19(22)25)17(23)21-14-9-16(29-3)15(28-2)8-13(14)20(26)27/h5-9H,4H2,1-3H3,(H,21,23)(H,26,27). The van der Waals surface area contributed by atoms with Gasteiger partial charge >= 0.3 is 5.97 Å². The van der Waals surface area contributed by atoms with Crippen LogP contribution < -0.4 is 14.8 Å². The second-order valence-electron chi connectivity index (χ2n) is 6.13.